The SMILES string of the molecule is CC(=O)c1ccc(Oc2ccc([N+](=O)[O-])cc2)cc1Cl. The zero-order valence-electron chi connectivity index (χ0n) is 10.5. The van der Waals surface area contributed by atoms with Gasteiger partial charge in [-0.15, -0.1) is 0 Å². The van der Waals surface area contributed by atoms with E-state index in [0.29, 0.717) is 22.1 Å². The fourth-order valence-corrected chi connectivity index (χ4v) is 1.92. The second-order valence-corrected chi connectivity index (χ2v) is 4.46. The van der Waals surface area contributed by atoms with E-state index in [1.54, 1.807) is 12.1 Å². The summed E-state index contributed by atoms with van der Waals surface area (Å²) in [5.74, 6) is 0.771. The van der Waals surface area contributed by atoms with Gasteiger partial charge in [-0.05, 0) is 31.2 Å². The lowest BCUT2D eigenvalue weighted by Crippen LogP contribution is -1.94. The van der Waals surface area contributed by atoms with Gasteiger partial charge in [0.25, 0.3) is 5.69 Å². The fraction of sp³-hybridized carbons (Fsp3) is 0.0714. The first-order valence-corrected chi connectivity index (χ1v) is 6.08. The third-order valence-electron chi connectivity index (χ3n) is 2.60. The number of hydrogen-bond acceptors (Lipinski definition) is 4. The van der Waals surface area contributed by atoms with Crippen molar-refractivity contribution < 1.29 is 14.5 Å². The maximum atomic E-state index is 11.2. The summed E-state index contributed by atoms with van der Waals surface area (Å²) in [6, 6.07) is 10.4. The van der Waals surface area contributed by atoms with Crippen LogP contribution in [0.1, 0.15) is 17.3 Å². The third-order valence-corrected chi connectivity index (χ3v) is 2.92. The molecular formula is C14H10ClNO4. The number of nitro benzene ring substituents is 1. The molecule has 0 spiro atoms. The van der Waals surface area contributed by atoms with Crippen LogP contribution in [0, 0.1) is 10.1 Å². The van der Waals surface area contributed by atoms with Crippen LogP contribution in [-0.2, 0) is 0 Å². The van der Waals surface area contributed by atoms with Crippen molar-refractivity contribution >= 4 is 23.1 Å². The molecule has 0 bridgehead atoms. The highest BCUT2D eigenvalue weighted by Crippen LogP contribution is 2.28. The number of ether oxygens (including phenoxy) is 1. The van der Waals surface area contributed by atoms with E-state index in [9.17, 15) is 14.9 Å². The lowest BCUT2D eigenvalue weighted by molar-refractivity contribution is -0.384. The molecule has 0 aliphatic rings. The number of hydrogen-bond donors (Lipinski definition) is 0. The first-order chi connectivity index (χ1) is 9.47. The standard InChI is InChI=1S/C14H10ClNO4/c1-9(17)13-7-6-12(8-14(13)15)20-11-4-2-10(3-5-11)16(18)19/h2-8H,1H3. The maximum Gasteiger partial charge on any atom is 0.269 e. The van der Waals surface area contributed by atoms with Gasteiger partial charge in [-0.1, -0.05) is 11.6 Å². The Bertz CT molecular complexity index is 667. The van der Waals surface area contributed by atoms with Gasteiger partial charge in [-0.3, -0.25) is 14.9 Å². The Morgan fingerprint density at radius 1 is 1.15 bits per heavy atom. The number of Topliss-reactive ketones (excluding diaryl/α,β-unsaturated/α-hetero) is 1. The van der Waals surface area contributed by atoms with Crippen LogP contribution in [0.4, 0.5) is 5.69 Å². The number of non-ortho nitro benzene ring substituents is 1. The molecule has 0 N–H and O–H groups in total. The van der Waals surface area contributed by atoms with Crippen LogP contribution in [0.5, 0.6) is 11.5 Å². The van der Waals surface area contributed by atoms with Crippen molar-refractivity contribution in [3.05, 3.63) is 63.2 Å². The van der Waals surface area contributed by atoms with Gasteiger partial charge in [-0.2, -0.15) is 0 Å². The first kappa shape index (κ1) is 14.0. The van der Waals surface area contributed by atoms with Crippen molar-refractivity contribution in [2.45, 2.75) is 6.92 Å². The van der Waals surface area contributed by atoms with E-state index in [1.165, 1.54) is 37.3 Å². The molecule has 20 heavy (non-hydrogen) atoms. The van der Waals surface area contributed by atoms with Gasteiger partial charge in [0.05, 0.1) is 9.95 Å². The molecule has 0 fully saturated rings. The summed E-state index contributed by atoms with van der Waals surface area (Å²) in [6.07, 6.45) is 0. The Morgan fingerprint density at radius 3 is 2.25 bits per heavy atom. The van der Waals surface area contributed by atoms with Crippen LogP contribution < -0.4 is 4.74 Å². The molecule has 0 saturated carbocycles. The van der Waals surface area contributed by atoms with E-state index in [2.05, 4.69) is 0 Å². The molecular weight excluding hydrogens is 282 g/mol. The predicted molar refractivity (Wildman–Crippen MR) is 74.6 cm³/mol. The van der Waals surface area contributed by atoms with Gasteiger partial charge in [0, 0.05) is 23.8 Å². The summed E-state index contributed by atoms with van der Waals surface area (Å²) >= 11 is 5.97. The molecule has 0 heterocycles. The number of ketones is 1. The number of benzene rings is 2. The minimum atomic E-state index is -0.484. The topological polar surface area (TPSA) is 69.4 Å². The van der Waals surface area contributed by atoms with E-state index in [4.69, 9.17) is 16.3 Å². The molecule has 102 valence electrons. The molecule has 0 atom stereocenters. The number of nitro groups is 1. The first-order valence-electron chi connectivity index (χ1n) is 5.70. The quantitative estimate of drug-likeness (QED) is 0.480. The van der Waals surface area contributed by atoms with E-state index in [1.807, 2.05) is 0 Å². The summed E-state index contributed by atoms with van der Waals surface area (Å²) in [6.45, 7) is 1.43. The Balaban J connectivity index is 2.19. The number of halogens is 1. The summed E-state index contributed by atoms with van der Waals surface area (Å²) in [7, 11) is 0. The van der Waals surface area contributed by atoms with Gasteiger partial charge in [0.2, 0.25) is 0 Å². The summed E-state index contributed by atoms with van der Waals surface area (Å²) < 4.78 is 5.51. The summed E-state index contributed by atoms with van der Waals surface area (Å²) in [4.78, 5) is 21.3. The van der Waals surface area contributed by atoms with E-state index in [0.717, 1.165) is 0 Å². The molecule has 0 aliphatic heterocycles. The highest BCUT2D eigenvalue weighted by molar-refractivity contribution is 6.34. The zero-order chi connectivity index (χ0) is 14.7. The molecule has 0 aliphatic carbocycles. The van der Waals surface area contributed by atoms with Crippen LogP contribution >= 0.6 is 11.6 Å². The highest BCUT2D eigenvalue weighted by atomic mass is 35.5. The molecule has 2 aromatic rings. The third kappa shape index (κ3) is 3.13. The molecule has 2 aromatic carbocycles. The number of rotatable bonds is 4. The van der Waals surface area contributed by atoms with Crippen molar-refractivity contribution in [3.8, 4) is 11.5 Å². The average molecular weight is 292 g/mol. The fourth-order valence-electron chi connectivity index (χ4n) is 1.62. The minimum Gasteiger partial charge on any atom is -0.457 e. The van der Waals surface area contributed by atoms with Crippen LogP contribution in [0.25, 0.3) is 0 Å². The normalized spacial score (nSPS) is 10.1. The van der Waals surface area contributed by atoms with Crippen LogP contribution in [-0.4, -0.2) is 10.7 Å². The molecule has 0 unspecified atom stereocenters. The molecule has 0 saturated heterocycles. The zero-order valence-corrected chi connectivity index (χ0v) is 11.3. The van der Waals surface area contributed by atoms with Crippen molar-refractivity contribution in [3.63, 3.8) is 0 Å². The van der Waals surface area contributed by atoms with Crippen molar-refractivity contribution in [2.75, 3.05) is 0 Å². The minimum absolute atomic E-state index is 0.0117. The maximum absolute atomic E-state index is 11.2. The monoisotopic (exact) mass is 291 g/mol. The van der Waals surface area contributed by atoms with Crippen LogP contribution in [0.15, 0.2) is 42.5 Å². The van der Waals surface area contributed by atoms with Crippen molar-refractivity contribution in [1.29, 1.82) is 0 Å². The van der Waals surface area contributed by atoms with Crippen molar-refractivity contribution in [1.82, 2.24) is 0 Å². The van der Waals surface area contributed by atoms with Gasteiger partial charge in [0.1, 0.15) is 11.5 Å². The van der Waals surface area contributed by atoms with Gasteiger partial charge < -0.3 is 4.74 Å². The lowest BCUT2D eigenvalue weighted by Gasteiger charge is -2.07. The molecule has 5 nitrogen and oxygen atoms in total. The highest BCUT2D eigenvalue weighted by Gasteiger charge is 2.08. The average Bonchev–Trinajstić information content (AvgIpc) is 2.39. The smallest absolute Gasteiger partial charge is 0.269 e. The van der Waals surface area contributed by atoms with Gasteiger partial charge >= 0.3 is 0 Å². The molecule has 2 rings (SSSR count). The summed E-state index contributed by atoms with van der Waals surface area (Å²) in [5, 5.41) is 10.8. The Morgan fingerprint density at radius 2 is 1.75 bits per heavy atom. The molecule has 0 radical (unpaired) electrons. The van der Waals surface area contributed by atoms with Gasteiger partial charge in [0.15, 0.2) is 5.78 Å². The molecule has 0 aromatic heterocycles. The number of carbonyl (C=O) groups excluding carboxylic acids is 1. The molecule has 0 amide bonds. The number of nitrogens with zero attached hydrogens (tertiary/aromatic N) is 1. The Kier molecular flexibility index (Phi) is 4.00. The van der Waals surface area contributed by atoms with E-state index < -0.39 is 4.92 Å². The summed E-state index contributed by atoms with van der Waals surface area (Å²) in [5.41, 5.74) is 0.407. The Hall–Kier alpha value is -2.40. The van der Waals surface area contributed by atoms with E-state index in [-0.39, 0.29) is 11.5 Å². The van der Waals surface area contributed by atoms with E-state index >= 15 is 0 Å². The van der Waals surface area contributed by atoms with Crippen LogP contribution in [0.3, 0.4) is 0 Å². The van der Waals surface area contributed by atoms with Crippen LogP contribution in [0.2, 0.25) is 5.02 Å². The second-order valence-electron chi connectivity index (χ2n) is 4.05. The largest absolute Gasteiger partial charge is 0.457 e. The second kappa shape index (κ2) is 5.71. The lowest BCUT2D eigenvalue weighted by atomic mass is 10.1. The van der Waals surface area contributed by atoms with Crippen molar-refractivity contribution in [2.24, 2.45) is 0 Å². The predicted octanol–water partition coefficient (Wildman–Crippen LogP) is 4.24. The number of carbonyl (C=O) groups is 1. The molecule has 6 heteroatoms. The Labute approximate surface area is 119 Å². The van der Waals surface area contributed by atoms with Gasteiger partial charge in [-0.25, -0.2) is 0 Å².